The van der Waals surface area contributed by atoms with Gasteiger partial charge in [0.1, 0.15) is 10.9 Å². The number of fused-ring (bicyclic) bond motifs is 3. The first kappa shape index (κ1) is 10.5. The number of ether oxygens (including phenoxy) is 1. The van der Waals surface area contributed by atoms with Gasteiger partial charge in [-0.15, -0.1) is 0 Å². The Balaban J connectivity index is 2.20. The zero-order valence-electron chi connectivity index (χ0n) is 9.57. The summed E-state index contributed by atoms with van der Waals surface area (Å²) in [6, 6.07) is 7.80. The maximum absolute atomic E-state index is 5.96. The maximum Gasteiger partial charge on any atom is 0.393 e. The molecule has 0 aliphatic carbocycles. The van der Waals surface area contributed by atoms with Gasteiger partial charge in [0, 0.05) is 23.4 Å². The van der Waals surface area contributed by atoms with Gasteiger partial charge in [-0.3, -0.25) is 4.59 Å². The van der Waals surface area contributed by atoms with Crippen LogP contribution in [0, 0.1) is 0 Å². The predicted molar refractivity (Wildman–Crippen MR) is 69.9 cm³/mol. The molecule has 0 fully saturated rings. The van der Waals surface area contributed by atoms with Crippen molar-refractivity contribution in [2.45, 2.75) is 6.82 Å². The molecule has 0 saturated carbocycles. The minimum absolute atomic E-state index is 0.0807. The number of rotatable bonds is 1. The summed E-state index contributed by atoms with van der Waals surface area (Å²) in [5, 5.41) is 8.14. The molecule has 1 aromatic heterocycles. The zero-order valence-corrected chi connectivity index (χ0v) is 10.3. The number of halogens is 1. The Morgan fingerprint density at radius 3 is 3.00 bits per heavy atom. The van der Waals surface area contributed by atoms with Crippen LogP contribution in [0.25, 0.3) is 11.3 Å². The first-order valence-electron chi connectivity index (χ1n) is 5.39. The molecule has 0 radical (unpaired) electrons. The second kappa shape index (κ2) is 3.70. The Morgan fingerprint density at radius 1 is 1.41 bits per heavy atom. The quantitative estimate of drug-likeness (QED) is 0.787. The van der Waals surface area contributed by atoms with Crippen LogP contribution in [0.4, 0.5) is 5.69 Å². The van der Waals surface area contributed by atoms with Gasteiger partial charge in [-0.1, -0.05) is 11.6 Å². The average Bonchev–Trinajstić information content (AvgIpc) is 2.71. The van der Waals surface area contributed by atoms with Crippen molar-refractivity contribution in [2.75, 3.05) is 12.3 Å². The van der Waals surface area contributed by atoms with Crippen LogP contribution in [-0.4, -0.2) is 23.8 Å². The summed E-state index contributed by atoms with van der Waals surface area (Å²) in [4.78, 5) is 0. The molecule has 0 unspecified atom stereocenters. The minimum Gasteiger partial charge on any atom is -0.497 e. The van der Waals surface area contributed by atoms with Crippen molar-refractivity contribution in [1.29, 1.82) is 0 Å². The van der Waals surface area contributed by atoms with Crippen LogP contribution in [0.1, 0.15) is 0 Å². The molecule has 0 amide bonds. The summed E-state index contributed by atoms with van der Waals surface area (Å²) < 4.78 is 7.11. The van der Waals surface area contributed by atoms with Crippen molar-refractivity contribution >= 4 is 24.3 Å². The van der Waals surface area contributed by atoms with Gasteiger partial charge in [0.25, 0.3) is 0 Å². The predicted octanol–water partition coefficient (Wildman–Crippen LogP) is 2.60. The summed E-state index contributed by atoms with van der Waals surface area (Å²) in [5.74, 6) is 0.836. The van der Waals surface area contributed by atoms with Crippen molar-refractivity contribution in [3.8, 4) is 17.0 Å². The third-order valence-corrected chi connectivity index (χ3v) is 3.12. The van der Waals surface area contributed by atoms with Gasteiger partial charge in [0.15, 0.2) is 0 Å². The highest BCUT2D eigenvalue weighted by Crippen LogP contribution is 2.36. The second-order valence-electron chi connectivity index (χ2n) is 4.03. The molecule has 0 spiro atoms. The number of methoxy groups -OCH3 is 1. The molecule has 0 saturated heterocycles. The van der Waals surface area contributed by atoms with Crippen molar-refractivity contribution in [3.05, 3.63) is 29.4 Å². The van der Waals surface area contributed by atoms with Crippen LogP contribution < -0.4 is 9.96 Å². The van der Waals surface area contributed by atoms with E-state index >= 15 is 0 Å². The lowest BCUT2D eigenvalue weighted by Gasteiger charge is -2.24. The molecule has 1 aliphatic heterocycles. The summed E-state index contributed by atoms with van der Waals surface area (Å²) in [7, 11) is 1.66. The smallest absolute Gasteiger partial charge is 0.393 e. The summed E-state index contributed by atoms with van der Waals surface area (Å²) in [6.45, 7) is 2.12. The van der Waals surface area contributed by atoms with E-state index in [1.807, 2.05) is 35.7 Å². The normalized spacial score (nSPS) is 12.8. The highest BCUT2D eigenvalue weighted by molar-refractivity contribution is 6.60. The molecule has 2 heterocycles. The highest BCUT2D eigenvalue weighted by atomic mass is 35.5. The molecule has 1 aromatic carbocycles. The Hall–Kier alpha value is -1.62. The van der Waals surface area contributed by atoms with Gasteiger partial charge in [0.2, 0.25) is 0 Å². The van der Waals surface area contributed by atoms with Crippen LogP contribution >= 0.6 is 11.6 Å². The molecule has 0 atom stereocenters. The molecule has 1 aliphatic rings. The van der Waals surface area contributed by atoms with E-state index in [4.69, 9.17) is 16.3 Å². The van der Waals surface area contributed by atoms with Gasteiger partial charge in [-0.25, -0.2) is 0 Å². The standard InChI is InChI=1S/C11H11BClN3O/c1-12-14-9-5-7(17-2)3-4-8(9)10-6-11(13)15-16(10)12/h3-6,14H,1-2H3. The van der Waals surface area contributed by atoms with E-state index in [0.29, 0.717) is 5.15 Å². The van der Waals surface area contributed by atoms with E-state index in [-0.39, 0.29) is 6.98 Å². The van der Waals surface area contributed by atoms with E-state index in [1.165, 1.54) is 0 Å². The van der Waals surface area contributed by atoms with Crippen molar-refractivity contribution < 1.29 is 4.74 Å². The molecule has 2 aromatic rings. The lowest BCUT2D eigenvalue weighted by Crippen LogP contribution is -2.35. The molecular formula is C11H11BClN3O. The largest absolute Gasteiger partial charge is 0.497 e. The zero-order chi connectivity index (χ0) is 12.0. The van der Waals surface area contributed by atoms with Crippen molar-refractivity contribution in [3.63, 3.8) is 0 Å². The van der Waals surface area contributed by atoms with Crippen LogP contribution in [0.3, 0.4) is 0 Å². The van der Waals surface area contributed by atoms with E-state index in [1.54, 1.807) is 7.11 Å². The second-order valence-corrected chi connectivity index (χ2v) is 4.42. The SMILES string of the molecule is COc1ccc2c(c1)NB(C)n1nc(Cl)cc1-2. The molecule has 86 valence electrons. The molecule has 0 bridgehead atoms. The monoisotopic (exact) mass is 247 g/mol. The summed E-state index contributed by atoms with van der Waals surface area (Å²) in [5.41, 5.74) is 3.16. The lowest BCUT2D eigenvalue weighted by atomic mass is 9.77. The van der Waals surface area contributed by atoms with Gasteiger partial charge in [-0.05, 0) is 19.0 Å². The number of hydrogen-bond donors (Lipinski definition) is 1. The van der Waals surface area contributed by atoms with Crippen LogP contribution in [0.5, 0.6) is 5.75 Å². The number of anilines is 1. The van der Waals surface area contributed by atoms with Gasteiger partial charge >= 0.3 is 6.98 Å². The van der Waals surface area contributed by atoms with Crippen molar-refractivity contribution in [1.82, 2.24) is 9.69 Å². The van der Waals surface area contributed by atoms with E-state index in [2.05, 4.69) is 10.3 Å². The fourth-order valence-electron chi connectivity index (χ4n) is 2.14. The molecule has 4 nitrogen and oxygen atoms in total. The minimum atomic E-state index is 0.0807. The van der Waals surface area contributed by atoms with Gasteiger partial charge in [0.05, 0.1) is 12.8 Å². The first-order valence-corrected chi connectivity index (χ1v) is 5.77. The summed E-state index contributed by atoms with van der Waals surface area (Å²) in [6.07, 6.45) is 0. The topological polar surface area (TPSA) is 39.1 Å². The van der Waals surface area contributed by atoms with E-state index in [0.717, 1.165) is 22.7 Å². The number of aromatic nitrogens is 2. The number of benzene rings is 1. The Morgan fingerprint density at radius 2 is 2.24 bits per heavy atom. The molecule has 3 rings (SSSR count). The maximum atomic E-state index is 5.96. The van der Waals surface area contributed by atoms with Crippen molar-refractivity contribution in [2.24, 2.45) is 0 Å². The average molecular weight is 247 g/mol. The molecular weight excluding hydrogens is 236 g/mol. The highest BCUT2D eigenvalue weighted by Gasteiger charge is 2.26. The number of nitrogens with one attached hydrogen (secondary N) is 1. The third kappa shape index (κ3) is 1.58. The van der Waals surface area contributed by atoms with Gasteiger partial charge < -0.3 is 9.96 Å². The van der Waals surface area contributed by atoms with Crippen LogP contribution in [-0.2, 0) is 0 Å². The fourth-order valence-corrected chi connectivity index (χ4v) is 2.33. The van der Waals surface area contributed by atoms with E-state index in [9.17, 15) is 0 Å². The Labute approximate surface area is 105 Å². The van der Waals surface area contributed by atoms with Gasteiger partial charge in [-0.2, -0.15) is 5.10 Å². The first-order chi connectivity index (χ1) is 8.19. The van der Waals surface area contributed by atoms with Crippen LogP contribution in [0.15, 0.2) is 24.3 Å². The Bertz CT molecular complexity index is 584. The summed E-state index contributed by atoms with van der Waals surface area (Å²) >= 11 is 5.96. The fraction of sp³-hybridized carbons (Fsp3) is 0.182. The third-order valence-electron chi connectivity index (χ3n) is 2.94. The number of hydrogen-bond acceptors (Lipinski definition) is 3. The van der Waals surface area contributed by atoms with Crippen LogP contribution in [0.2, 0.25) is 12.0 Å². The van der Waals surface area contributed by atoms with E-state index < -0.39 is 0 Å². The number of nitrogens with zero attached hydrogens (tertiary/aromatic N) is 2. The lowest BCUT2D eigenvalue weighted by molar-refractivity contribution is 0.415. The Kier molecular flexibility index (Phi) is 2.29. The molecule has 1 N–H and O–H groups in total. The molecule has 6 heteroatoms. The molecule has 17 heavy (non-hydrogen) atoms.